The first-order valence-corrected chi connectivity index (χ1v) is 11.7. The average Bonchev–Trinajstić information content (AvgIpc) is 3.13. The number of aryl methyl sites for hydroxylation is 1. The largest absolute Gasteiger partial charge is 0.370 e. The van der Waals surface area contributed by atoms with Crippen molar-refractivity contribution < 1.29 is 4.39 Å². The highest BCUT2D eigenvalue weighted by Gasteiger charge is 2.19. The number of hydrogen-bond donors (Lipinski definition) is 1. The molecule has 1 N–H and O–H groups in total. The zero-order valence-corrected chi connectivity index (χ0v) is 19.4. The van der Waals surface area contributed by atoms with Gasteiger partial charge in [-0.15, -0.1) is 0 Å². The van der Waals surface area contributed by atoms with Crippen molar-refractivity contribution in [3.63, 3.8) is 0 Å². The van der Waals surface area contributed by atoms with Crippen LogP contribution in [0.15, 0.2) is 55.0 Å². The van der Waals surface area contributed by atoms with Crippen molar-refractivity contribution >= 4 is 17.3 Å². The summed E-state index contributed by atoms with van der Waals surface area (Å²) in [5.41, 5.74) is 3.61. The summed E-state index contributed by atoms with van der Waals surface area (Å²) in [4.78, 5) is 15.2. The van der Waals surface area contributed by atoms with Gasteiger partial charge in [0.2, 0.25) is 5.95 Å². The average molecular weight is 469 g/mol. The van der Waals surface area contributed by atoms with Gasteiger partial charge in [-0.3, -0.25) is 0 Å². The zero-order valence-electron chi connectivity index (χ0n) is 19.4. The predicted octanol–water partition coefficient (Wildman–Crippen LogP) is 5.17. The van der Waals surface area contributed by atoms with Crippen molar-refractivity contribution in [2.75, 3.05) is 23.3 Å². The Kier molecular flexibility index (Phi) is 6.35. The normalized spacial score (nSPS) is 13.8. The lowest BCUT2D eigenvalue weighted by Gasteiger charge is -2.24. The molecule has 9 heteroatoms. The molecule has 0 aliphatic carbocycles. The molecule has 176 valence electrons. The van der Waals surface area contributed by atoms with Gasteiger partial charge < -0.3 is 10.2 Å². The topological polar surface area (TPSA) is 95.5 Å². The SMILES string of the molecule is Cc1ncn(-c2ccc(Nc3nccc(-c4cc(F)c(C#N)c(N5CCCCCC5)c4)n3)cc2)n1. The third kappa shape index (κ3) is 4.96. The fourth-order valence-electron chi connectivity index (χ4n) is 4.29. The third-order valence-corrected chi connectivity index (χ3v) is 6.07. The summed E-state index contributed by atoms with van der Waals surface area (Å²) in [5.74, 6) is 0.569. The molecule has 2 aromatic heterocycles. The molecule has 0 saturated carbocycles. The van der Waals surface area contributed by atoms with Gasteiger partial charge in [0.1, 0.15) is 29.6 Å². The molecule has 0 unspecified atom stereocenters. The monoisotopic (exact) mass is 468 g/mol. The lowest BCUT2D eigenvalue weighted by atomic mass is 10.0. The lowest BCUT2D eigenvalue weighted by molar-refractivity contribution is 0.622. The fourth-order valence-corrected chi connectivity index (χ4v) is 4.29. The Morgan fingerprint density at radius 1 is 1.00 bits per heavy atom. The number of nitrogens with zero attached hydrogens (tertiary/aromatic N) is 7. The molecule has 35 heavy (non-hydrogen) atoms. The van der Waals surface area contributed by atoms with E-state index >= 15 is 0 Å². The maximum Gasteiger partial charge on any atom is 0.227 e. The highest BCUT2D eigenvalue weighted by atomic mass is 19.1. The highest BCUT2D eigenvalue weighted by molar-refractivity contribution is 5.72. The van der Waals surface area contributed by atoms with Crippen molar-refractivity contribution in [2.45, 2.75) is 32.6 Å². The zero-order chi connectivity index (χ0) is 24.2. The van der Waals surface area contributed by atoms with Gasteiger partial charge in [-0.05, 0) is 62.2 Å². The number of aromatic nitrogens is 5. The van der Waals surface area contributed by atoms with E-state index in [1.54, 1.807) is 23.3 Å². The Hall–Kier alpha value is -4.32. The van der Waals surface area contributed by atoms with Gasteiger partial charge in [0.05, 0.1) is 17.1 Å². The van der Waals surface area contributed by atoms with Crippen LogP contribution in [-0.2, 0) is 0 Å². The second kappa shape index (κ2) is 9.89. The lowest BCUT2D eigenvalue weighted by Crippen LogP contribution is -2.25. The smallest absolute Gasteiger partial charge is 0.227 e. The van der Waals surface area contributed by atoms with Crippen LogP contribution in [0.25, 0.3) is 16.9 Å². The Balaban J connectivity index is 1.41. The summed E-state index contributed by atoms with van der Waals surface area (Å²) in [5, 5.41) is 17.1. The van der Waals surface area contributed by atoms with Gasteiger partial charge >= 0.3 is 0 Å². The Bertz CT molecular complexity index is 1370. The van der Waals surface area contributed by atoms with Gasteiger partial charge in [-0.2, -0.15) is 10.4 Å². The van der Waals surface area contributed by atoms with E-state index in [0.717, 1.165) is 50.1 Å². The number of hydrogen-bond acceptors (Lipinski definition) is 7. The van der Waals surface area contributed by atoms with Crippen LogP contribution in [0.3, 0.4) is 0 Å². The van der Waals surface area contributed by atoms with Crippen molar-refractivity contribution in [1.29, 1.82) is 5.26 Å². The molecule has 8 nitrogen and oxygen atoms in total. The molecule has 0 spiro atoms. The maximum atomic E-state index is 15.0. The summed E-state index contributed by atoms with van der Waals surface area (Å²) < 4.78 is 16.7. The second-order valence-electron chi connectivity index (χ2n) is 8.54. The predicted molar refractivity (Wildman–Crippen MR) is 132 cm³/mol. The molecule has 5 rings (SSSR count). The molecule has 0 atom stereocenters. The third-order valence-electron chi connectivity index (χ3n) is 6.07. The Morgan fingerprint density at radius 3 is 2.46 bits per heavy atom. The fraction of sp³-hybridized carbons (Fsp3) is 0.269. The summed E-state index contributed by atoms with van der Waals surface area (Å²) >= 11 is 0. The summed E-state index contributed by atoms with van der Waals surface area (Å²) in [7, 11) is 0. The van der Waals surface area contributed by atoms with E-state index in [-0.39, 0.29) is 5.56 Å². The van der Waals surface area contributed by atoms with Crippen molar-refractivity contribution in [2.24, 2.45) is 0 Å². The van der Waals surface area contributed by atoms with Crippen LogP contribution in [0, 0.1) is 24.1 Å². The highest BCUT2D eigenvalue weighted by Crippen LogP contribution is 2.31. The molecule has 1 aliphatic rings. The number of benzene rings is 2. The minimum absolute atomic E-state index is 0.0886. The molecule has 0 bridgehead atoms. The van der Waals surface area contributed by atoms with E-state index < -0.39 is 5.82 Å². The molecule has 4 aromatic rings. The van der Waals surface area contributed by atoms with E-state index in [1.807, 2.05) is 37.3 Å². The number of rotatable bonds is 5. The number of nitriles is 1. The number of anilines is 3. The molecule has 1 aliphatic heterocycles. The quantitative estimate of drug-likeness (QED) is 0.432. The second-order valence-corrected chi connectivity index (χ2v) is 8.54. The molecule has 0 amide bonds. The molecule has 1 saturated heterocycles. The Morgan fingerprint density at radius 2 is 1.77 bits per heavy atom. The minimum atomic E-state index is -0.531. The summed E-state index contributed by atoms with van der Waals surface area (Å²) in [6.07, 6.45) is 7.68. The number of nitrogens with one attached hydrogen (secondary N) is 1. The van der Waals surface area contributed by atoms with E-state index in [2.05, 4.69) is 36.3 Å². The Labute approximate surface area is 203 Å². The first kappa shape index (κ1) is 22.5. The summed E-state index contributed by atoms with van der Waals surface area (Å²) in [6, 6.07) is 14.7. The van der Waals surface area contributed by atoms with Gasteiger partial charge in [0.15, 0.2) is 0 Å². The molecule has 0 radical (unpaired) electrons. The van der Waals surface area contributed by atoms with Crippen LogP contribution >= 0.6 is 0 Å². The molecular weight excluding hydrogens is 443 g/mol. The van der Waals surface area contributed by atoms with E-state index in [0.29, 0.717) is 28.7 Å². The van der Waals surface area contributed by atoms with Crippen LogP contribution < -0.4 is 10.2 Å². The standard InChI is InChI=1S/C26H25FN8/c1-18-30-17-35(33-18)21-8-6-20(7-9-21)31-26-29-11-10-24(32-26)19-14-23(27)22(16-28)25(15-19)34-12-4-2-3-5-13-34/h6-11,14-15,17H,2-5,12-13H2,1H3,(H,29,31,32). The van der Waals surface area contributed by atoms with Crippen LogP contribution in [0.1, 0.15) is 37.1 Å². The molecule has 1 fully saturated rings. The van der Waals surface area contributed by atoms with Crippen LogP contribution in [0.5, 0.6) is 0 Å². The van der Waals surface area contributed by atoms with Gasteiger partial charge in [-0.1, -0.05) is 12.8 Å². The molecule has 2 aromatic carbocycles. The minimum Gasteiger partial charge on any atom is -0.370 e. The van der Waals surface area contributed by atoms with Crippen LogP contribution in [-0.4, -0.2) is 37.8 Å². The summed E-state index contributed by atoms with van der Waals surface area (Å²) in [6.45, 7) is 3.48. The first-order valence-electron chi connectivity index (χ1n) is 11.7. The van der Waals surface area contributed by atoms with Crippen molar-refractivity contribution in [3.05, 3.63) is 72.2 Å². The van der Waals surface area contributed by atoms with E-state index in [9.17, 15) is 9.65 Å². The van der Waals surface area contributed by atoms with Crippen molar-refractivity contribution in [3.8, 4) is 23.0 Å². The molecule has 3 heterocycles. The van der Waals surface area contributed by atoms with Gasteiger partial charge in [0.25, 0.3) is 0 Å². The molecular formula is C26H25FN8. The van der Waals surface area contributed by atoms with Crippen molar-refractivity contribution in [1.82, 2.24) is 24.7 Å². The van der Waals surface area contributed by atoms with Gasteiger partial charge in [-0.25, -0.2) is 24.0 Å². The number of halogens is 1. The van der Waals surface area contributed by atoms with E-state index in [4.69, 9.17) is 0 Å². The first-order chi connectivity index (χ1) is 17.1. The van der Waals surface area contributed by atoms with E-state index in [1.165, 1.54) is 6.07 Å². The van der Waals surface area contributed by atoms with Gasteiger partial charge in [0, 0.05) is 30.5 Å². The van der Waals surface area contributed by atoms with Crippen LogP contribution in [0.2, 0.25) is 0 Å². The van der Waals surface area contributed by atoms with Crippen LogP contribution in [0.4, 0.5) is 21.7 Å². The maximum absolute atomic E-state index is 15.0.